The molecule has 13 heteroatoms. The summed E-state index contributed by atoms with van der Waals surface area (Å²) in [5.74, 6) is -0.366. The molecule has 1 amide bonds. The van der Waals surface area contributed by atoms with Gasteiger partial charge in [-0.2, -0.15) is 4.98 Å². The van der Waals surface area contributed by atoms with E-state index in [0.717, 1.165) is 12.1 Å². The molecule has 1 aromatic carbocycles. The Morgan fingerprint density at radius 2 is 1.85 bits per heavy atom. The number of ether oxygens (including phenoxy) is 1. The normalized spacial score (nSPS) is 20.5. The summed E-state index contributed by atoms with van der Waals surface area (Å²) in [6, 6.07) is 2.95. The zero-order valence-corrected chi connectivity index (χ0v) is 22.1. The van der Waals surface area contributed by atoms with Gasteiger partial charge in [-0.3, -0.25) is 4.79 Å². The first-order valence-electron chi connectivity index (χ1n) is 12.9. The second kappa shape index (κ2) is 10.8. The Morgan fingerprint density at radius 1 is 1.13 bits per heavy atom. The number of nitrogens with two attached hydrogens (primary N) is 1. The van der Waals surface area contributed by atoms with Crippen molar-refractivity contribution < 1.29 is 22.8 Å². The van der Waals surface area contributed by atoms with Gasteiger partial charge in [0, 0.05) is 63.7 Å². The molecule has 4 heterocycles. The van der Waals surface area contributed by atoms with Crippen molar-refractivity contribution in [3.63, 3.8) is 0 Å². The van der Waals surface area contributed by atoms with Crippen molar-refractivity contribution in [1.29, 1.82) is 0 Å². The largest absolute Gasteiger partial charge is 0.369 e. The highest BCUT2D eigenvalue weighted by atomic mass is 19.1. The molecule has 2 aliphatic heterocycles. The van der Waals surface area contributed by atoms with E-state index in [-0.39, 0.29) is 17.5 Å². The number of hydrogen-bond acceptors (Lipinski definition) is 10. The van der Waals surface area contributed by atoms with Crippen molar-refractivity contribution in [3.8, 4) is 0 Å². The second-order valence-corrected chi connectivity index (χ2v) is 10.5. The number of carbonyl (C=O) groups excluding carboxylic acids is 1. The molecule has 0 saturated carbocycles. The van der Waals surface area contributed by atoms with E-state index in [4.69, 9.17) is 15.0 Å². The molecule has 3 N–H and O–H groups in total. The fourth-order valence-electron chi connectivity index (χ4n) is 4.89. The van der Waals surface area contributed by atoms with E-state index >= 15 is 0 Å². The van der Waals surface area contributed by atoms with Crippen LogP contribution in [0.4, 0.5) is 20.7 Å². The SMILES string of the molecule is COC(C)(C)c1nc(N2CCC(NC(=O)c3cnc(N4CC(c5cc(F)ccc5F)[C@@H](N)C4)nc3)CC2)no1. The fraction of sp³-hybridized carbons (Fsp3) is 0.500. The summed E-state index contributed by atoms with van der Waals surface area (Å²) in [6.07, 6.45) is 4.36. The maximum Gasteiger partial charge on any atom is 0.266 e. The number of piperidine rings is 1. The van der Waals surface area contributed by atoms with Crippen molar-refractivity contribution in [2.24, 2.45) is 5.73 Å². The molecular weight excluding hydrogens is 510 g/mol. The molecule has 2 atom stereocenters. The lowest BCUT2D eigenvalue weighted by atomic mass is 9.94. The minimum Gasteiger partial charge on any atom is -0.369 e. The molecule has 0 radical (unpaired) electrons. The summed E-state index contributed by atoms with van der Waals surface area (Å²) in [6.45, 7) is 5.76. The van der Waals surface area contributed by atoms with E-state index in [1.807, 2.05) is 23.6 Å². The van der Waals surface area contributed by atoms with Crippen LogP contribution in [0.5, 0.6) is 0 Å². The zero-order chi connectivity index (χ0) is 27.7. The van der Waals surface area contributed by atoms with Crippen molar-refractivity contribution in [1.82, 2.24) is 25.4 Å². The van der Waals surface area contributed by atoms with Gasteiger partial charge in [-0.15, -0.1) is 0 Å². The molecule has 0 spiro atoms. The number of benzene rings is 1. The summed E-state index contributed by atoms with van der Waals surface area (Å²) in [5, 5.41) is 7.11. The third kappa shape index (κ3) is 5.69. The topological polar surface area (TPSA) is 136 Å². The van der Waals surface area contributed by atoms with Crippen molar-refractivity contribution >= 4 is 17.8 Å². The van der Waals surface area contributed by atoms with Crippen LogP contribution in [0.15, 0.2) is 35.1 Å². The van der Waals surface area contributed by atoms with E-state index in [1.54, 1.807) is 7.11 Å². The van der Waals surface area contributed by atoms with Crippen molar-refractivity contribution in [2.45, 2.75) is 50.3 Å². The van der Waals surface area contributed by atoms with Crippen molar-refractivity contribution in [2.75, 3.05) is 43.1 Å². The van der Waals surface area contributed by atoms with Gasteiger partial charge >= 0.3 is 0 Å². The Bertz CT molecular complexity index is 1310. The molecule has 2 fully saturated rings. The summed E-state index contributed by atoms with van der Waals surface area (Å²) in [4.78, 5) is 29.8. The van der Waals surface area contributed by atoms with Gasteiger partial charge in [0.1, 0.15) is 17.2 Å². The average Bonchev–Trinajstić information content (AvgIpc) is 3.58. The van der Waals surface area contributed by atoms with E-state index in [0.29, 0.717) is 62.4 Å². The number of nitrogens with zero attached hydrogens (tertiary/aromatic N) is 6. The van der Waals surface area contributed by atoms with E-state index in [2.05, 4.69) is 25.4 Å². The monoisotopic (exact) mass is 542 g/mol. The summed E-state index contributed by atoms with van der Waals surface area (Å²) in [7, 11) is 1.59. The van der Waals surface area contributed by atoms with Crippen LogP contribution >= 0.6 is 0 Å². The highest BCUT2D eigenvalue weighted by Gasteiger charge is 2.35. The molecular formula is C26H32F2N8O3. The van der Waals surface area contributed by atoms with Crippen molar-refractivity contribution in [3.05, 3.63) is 59.2 Å². The smallest absolute Gasteiger partial charge is 0.266 e. The van der Waals surface area contributed by atoms with E-state index in [9.17, 15) is 13.6 Å². The number of hydrogen-bond donors (Lipinski definition) is 2. The van der Waals surface area contributed by atoms with Gasteiger partial charge in [-0.1, -0.05) is 0 Å². The van der Waals surface area contributed by atoms with Crippen LogP contribution in [0.2, 0.25) is 0 Å². The van der Waals surface area contributed by atoms with Gasteiger partial charge in [0.2, 0.25) is 5.95 Å². The third-order valence-corrected chi connectivity index (χ3v) is 7.46. The summed E-state index contributed by atoms with van der Waals surface area (Å²) >= 11 is 0. The van der Waals surface area contributed by atoms with Gasteiger partial charge in [-0.25, -0.2) is 18.7 Å². The first kappa shape index (κ1) is 26.9. The number of carbonyl (C=O) groups is 1. The van der Waals surface area contributed by atoms with Gasteiger partial charge in [0.15, 0.2) is 0 Å². The minimum atomic E-state index is -0.670. The molecule has 1 unspecified atom stereocenters. The standard InChI is InChI=1S/C26H32F2N8O3/c1-26(2,38-3)23-33-25(34-39-23)35-8-6-17(7-9-35)32-22(37)15-11-30-24(31-12-15)36-13-19(21(29)14-36)18-10-16(27)4-5-20(18)28/h4-5,10-12,17,19,21H,6-9,13-14,29H2,1-3H3,(H,32,37)/t19?,21-/m0/s1. The molecule has 11 nitrogen and oxygen atoms in total. The number of methoxy groups -OCH3 is 1. The van der Waals surface area contributed by atoms with Gasteiger partial charge in [-0.05, 0) is 55.6 Å². The third-order valence-electron chi connectivity index (χ3n) is 7.46. The highest BCUT2D eigenvalue weighted by molar-refractivity contribution is 5.93. The number of rotatable bonds is 7. The number of amides is 1. The Balaban J connectivity index is 1.14. The number of nitrogens with one attached hydrogen (secondary N) is 1. The molecule has 0 bridgehead atoms. The molecule has 39 heavy (non-hydrogen) atoms. The molecule has 2 aromatic heterocycles. The first-order chi connectivity index (χ1) is 18.6. The lowest BCUT2D eigenvalue weighted by molar-refractivity contribution is -0.00787. The van der Waals surface area contributed by atoms with Crippen LogP contribution < -0.4 is 20.9 Å². The Kier molecular flexibility index (Phi) is 7.45. The van der Waals surface area contributed by atoms with Crippen LogP contribution in [0.3, 0.4) is 0 Å². The molecule has 3 aromatic rings. The summed E-state index contributed by atoms with van der Waals surface area (Å²) < 4.78 is 38.7. The highest BCUT2D eigenvalue weighted by Crippen LogP contribution is 2.31. The Hall–Kier alpha value is -3.71. The molecule has 0 aliphatic carbocycles. The molecule has 2 saturated heterocycles. The Labute approximate surface area is 224 Å². The van der Waals surface area contributed by atoms with Crippen LogP contribution in [0.1, 0.15) is 54.4 Å². The van der Waals surface area contributed by atoms with Crippen LogP contribution in [0.25, 0.3) is 0 Å². The summed E-state index contributed by atoms with van der Waals surface area (Å²) in [5.41, 5.74) is 6.15. The van der Waals surface area contributed by atoms with Gasteiger partial charge < -0.3 is 30.1 Å². The fourth-order valence-corrected chi connectivity index (χ4v) is 4.89. The molecule has 5 rings (SSSR count). The maximum absolute atomic E-state index is 14.3. The van der Waals surface area contributed by atoms with E-state index in [1.165, 1.54) is 18.5 Å². The van der Waals surface area contributed by atoms with Gasteiger partial charge in [0.25, 0.3) is 17.7 Å². The van der Waals surface area contributed by atoms with Crippen LogP contribution in [0, 0.1) is 11.6 Å². The molecule has 208 valence electrons. The second-order valence-electron chi connectivity index (χ2n) is 10.5. The minimum absolute atomic E-state index is 0.0197. The Morgan fingerprint density at radius 3 is 2.54 bits per heavy atom. The zero-order valence-electron chi connectivity index (χ0n) is 22.1. The average molecular weight is 543 g/mol. The van der Waals surface area contributed by atoms with Gasteiger partial charge in [0.05, 0.1) is 5.56 Å². The number of aromatic nitrogens is 4. The predicted molar refractivity (Wildman–Crippen MR) is 138 cm³/mol. The lowest BCUT2D eigenvalue weighted by Crippen LogP contribution is -2.45. The number of anilines is 2. The van der Waals surface area contributed by atoms with E-state index < -0.39 is 29.2 Å². The maximum atomic E-state index is 14.3. The number of halogens is 2. The lowest BCUT2D eigenvalue weighted by Gasteiger charge is -2.31. The van der Waals surface area contributed by atoms with Crippen LogP contribution in [-0.4, -0.2) is 71.4 Å². The predicted octanol–water partition coefficient (Wildman–Crippen LogP) is 2.35. The first-order valence-corrected chi connectivity index (χ1v) is 12.9. The molecule has 2 aliphatic rings. The quantitative estimate of drug-likeness (QED) is 0.458. The van der Waals surface area contributed by atoms with Crippen LogP contribution in [-0.2, 0) is 10.3 Å².